The van der Waals surface area contributed by atoms with E-state index in [0.29, 0.717) is 5.56 Å². The minimum Gasteiger partial charge on any atom is -0.364 e. The van der Waals surface area contributed by atoms with Gasteiger partial charge in [-0.25, -0.2) is 0 Å². The van der Waals surface area contributed by atoms with Crippen LogP contribution in [0.25, 0.3) is 0 Å². The number of alkyl halides is 1. The van der Waals surface area contributed by atoms with Crippen molar-refractivity contribution in [1.82, 2.24) is 0 Å². The lowest BCUT2D eigenvalue weighted by molar-refractivity contribution is -0.191. The minimum absolute atomic E-state index is 0.0909. The molecule has 0 heterocycles. The summed E-state index contributed by atoms with van der Waals surface area (Å²) in [6, 6.07) is 8.59. The largest absolute Gasteiger partial charge is 0.364 e. The number of ketones is 1. The Morgan fingerprint density at radius 2 is 2.17 bits per heavy atom. The highest BCUT2D eigenvalue weighted by molar-refractivity contribution is 6.34. The van der Waals surface area contributed by atoms with Crippen molar-refractivity contribution in [3.8, 4) is 0 Å². The monoisotopic (exact) mass is 268 g/mol. The average molecular weight is 269 g/mol. The van der Waals surface area contributed by atoms with Crippen molar-refractivity contribution in [1.29, 1.82) is 0 Å². The van der Waals surface area contributed by atoms with Crippen LogP contribution in [0, 0.1) is 0 Å². The van der Waals surface area contributed by atoms with Gasteiger partial charge in [0.1, 0.15) is 0 Å². The summed E-state index contributed by atoms with van der Waals surface area (Å²) in [5.74, 6) is -2.08. The molecule has 0 aliphatic heterocycles. The molecule has 1 aromatic carbocycles. The molecule has 1 N–H and O–H groups in total. The van der Waals surface area contributed by atoms with Crippen LogP contribution in [0.5, 0.6) is 0 Å². The fourth-order valence-corrected chi connectivity index (χ4v) is 1.92. The van der Waals surface area contributed by atoms with Gasteiger partial charge in [-0.3, -0.25) is 4.79 Å². The van der Waals surface area contributed by atoms with Crippen molar-refractivity contribution >= 4 is 17.4 Å². The topological polar surface area (TPSA) is 46.5 Å². The first-order valence-corrected chi connectivity index (χ1v) is 6.19. The lowest BCUT2D eigenvalue weighted by atomic mass is 10.00. The Kier molecular flexibility index (Phi) is 5.54. The Balaban J connectivity index is 2.93. The smallest absolute Gasteiger partial charge is 0.193 e. The second-order valence-electron chi connectivity index (χ2n) is 3.86. The number of hydrogen-bond donors (Lipinski definition) is 1. The summed E-state index contributed by atoms with van der Waals surface area (Å²) in [4.78, 5) is 12.1. The van der Waals surface area contributed by atoms with Crippen LogP contribution >= 0.6 is 11.6 Å². The van der Waals surface area contributed by atoms with E-state index in [1.807, 2.05) is 0 Å². The summed E-state index contributed by atoms with van der Waals surface area (Å²) >= 11 is 6.06. The molecule has 0 radical (unpaired) electrons. The average Bonchev–Trinajstić information content (AvgIpc) is 2.38. The van der Waals surface area contributed by atoms with E-state index in [1.165, 1.54) is 6.08 Å². The standard InChI is InChI=1S/C14H17ClO3/c1-3-10-14(17,18-4-2)13(15)12(16)11-8-6-5-7-9-11/h3,5-9,13,17H,1,4,10H2,2H3. The molecule has 0 saturated carbocycles. The first-order valence-electron chi connectivity index (χ1n) is 5.75. The van der Waals surface area contributed by atoms with Gasteiger partial charge in [0.25, 0.3) is 0 Å². The molecule has 0 saturated heterocycles. The van der Waals surface area contributed by atoms with Crippen molar-refractivity contribution in [2.75, 3.05) is 6.61 Å². The van der Waals surface area contributed by atoms with Crippen LogP contribution in [0.1, 0.15) is 23.7 Å². The molecule has 0 aliphatic rings. The molecule has 0 amide bonds. The fourth-order valence-electron chi connectivity index (χ4n) is 1.65. The number of rotatable bonds is 7. The highest BCUT2D eigenvalue weighted by Gasteiger charge is 2.40. The Labute approximate surface area is 112 Å². The normalized spacial score (nSPS) is 15.7. The van der Waals surface area contributed by atoms with E-state index in [9.17, 15) is 9.90 Å². The third-order valence-corrected chi connectivity index (χ3v) is 3.05. The van der Waals surface area contributed by atoms with Crippen molar-refractivity contribution in [2.24, 2.45) is 0 Å². The lowest BCUT2D eigenvalue weighted by Gasteiger charge is -2.30. The molecule has 0 spiro atoms. The molecule has 18 heavy (non-hydrogen) atoms. The first kappa shape index (κ1) is 14.9. The molecule has 0 aliphatic carbocycles. The van der Waals surface area contributed by atoms with Crippen LogP contribution in [0.15, 0.2) is 43.0 Å². The molecule has 1 aromatic rings. The highest BCUT2D eigenvalue weighted by Crippen LogP contribution is 2.26. The van der Waals surface area contributed by atoms with Crippen molar-refractivity contribution in [2.45, 2.75) is 24.5 Å². The summed E-state index contributed by atoms with van der Waals surface area (Å²) in [6.45, 7) is 5.52. The van der Waals surface area contributed by atoms with Gasteiger partial charge in [0.15, 0.2) is 16.9 Å². The van der Waals surface area contributed by atoms with Gasteiger partial charge in [0.2, 0.25) is 0 Å². The van der Waals surface area contributed by atoms with Crippen LogP contribution in [0.2, 0.25) is 0 Å². The van der Waals surface area contributed by atoms with E-state index in [4.69, 9.17) is 16.3 Å². The third-order valence-electron chi connectivity index (χ3n) is 2.52. The van der Waals surface area contributed by atoms with Crippen LogP contribution < -0.4 is 0 Å². The molecule has 0 bridgehead atoms. The van der Waals surface area contributed by atoms with Crippen LogP contribution in [-0.4, -0.2) is 28.7 Å². The lowest BCUT2D eigenvalue weighted by Crippen LogP contribution is -2.46. The molecule has 98 valence electrons. The number of hydrogen-bond acceptors (Lipinski definition) is 3. The SMILES string of the molecule is C=CCC(O)(OCC)C(Cl)C(=O)c1ccccc1. The molecule has 0 fully saturated rings. The maximum atomic E-state index is 12.1. The summed E-state index contributed by atoms with van der Waals surface area (Å²) < 4.78 is 5.21. The Hall–Kier alpha value is -1.16. The van der Waals surface area contributed by atoms with Gasteiger partial charge >= 0.3 is 0 Å². The van der Waals surface area contributed by atoms with E-state index in [1.54, 1.807) is 37.3 Å². The molecule has 2 atom stereocenters. The second-order valence-corrected chi connectivity index (χ2v) is 4.30. The summed E-state index contributed by atoms with van der Waals surface area (Å²) in [5.41, 5.74) is 0.444. The molecule has 0 aromatic heterocycles. The molecule has 1 rings (SSSR count). The number of carbonyl (C=O) groups excluding carboxylic acids is 1. The predicted molar refractivity (Wildman–Crippen MR) is 71.8 cm³/mol. The van der Waals surface area contributed by atoms with E-state index in [-0.39, 0.29) is 18.8 Å². The quantitative estimate of drug-likeness (QED) is 0.358. The predicted octanol–water partition coefficient (Wildman–Crippen LogP) is 2.78. The Morgan fingerprint density at radius 1 is 1.56 bits per heavy atom. The Morgan fingerprint density at radius 3 is 2.67 bits per heavy atom. The van der Waals surface area contributed by atoms with Crippen LogP contribution in [-0.2, 0) is 4.74 Å². The van der Waals surface area contributed by atoms with E-state index in [2.05, 4.69) is 6.58 Å². The van der Waals surface area contributed by atoms with Gasteiger partial charge in [-0.05, 0) is 6.92 Å². The van der Waals surface area contributed by atoms with Crippen molar-refractivity contribution in [3.05, 3.63) is 48.6 Å². The first-order chi connectivity index (χ1) is 8.55. The molecule has 4 heteroatoms. The zero-order valence-electron chi connectivity index (χ0n) is 10.3. The molecular weight excluding hydrogens is 252 g/mol. The summed E-state index contributed by atoms with van der Waals surface area (Å²) in [5, 5.41) is 9.10. The Bertz CT molecular complexity index is 405. The van der Waals surface area contributed by atoms with E-state index >= 15 is 0 Å². The van der Waals surface area contributed by atoms with Crippen LogP contribution in [0.4, 0.5) is 0 Å². The van der Waals surface area contributed by atoms with Crippen molar-refractivity contribution in [3.63, 3.8) is 0 Å². The maximum absolute atomic E-state index is 12.1. The van der Waals surface area contributed by atoms with E-state index < -0.39 is 11.2 Å². The number of Topliss-reactive ketones (excluding diaryl/α,β-unsaturated/α-hetero) is 1. The molecule has 2 unspecified atom stereocenters. The second kappa shape index (κ2) is 6.69. The number of carbonyl (C=O) groups is 1. The van der Waals surface area contributed by atoms with Gasteiger partial charge in [-0.2, -0.15) is 0 Å². The maximum Gasteiger partial charge on any atom is 0.193 e. The highest BCUT2D eigenvalue weighted by atomic mass is 35.5. The van der Waals surface area contributed by atoms with Gasteiger partial charge in [-0.1, -0.05) is 36.4 Å². The molecular formula is C14H17ClO3. The summed E-state index contributed by atoms with van der Waals surface area (Å²) in [7, 11) is 0. The third kappa shape index (κ3) is 3.42. The zero-order chi connectivity index (χ0) is 13.6. The van der Waals surface area contributed by atoms with Crippen LogP contribution in [0.3, 0.4) is 0 Å². The van der Waals surface area contributed by atoms with Gasteiger partial charge in [0, 0.05) is 18.6 Å². The zero-order valence-corrected chi connectivity index (χ0v) is 11.1. The van der Waals surface area contributed by atoms with Gasteiger partial charge in [0.05, 0.1) is 0 Å². The van der Waals surface area contributed by atoms with E-state index in [0.717, 1.165) is 0 Å². The fraction of sp³-hybridized carbons (Fsp3) is 0.357. The molecule has 3 nitrogen and oxygen atoms in total. The van der Waals surface area contributed by atoms with Crippen molar-refractivity contribution < 1.29 is 14.6 Å². The minimum atomic E-state index is -1.72. The number of benzene rings is 1. The van der Waals surface area contributed by atoms with Gasteiger partial charge < -0.3 is 9.84 Å². The number of halogens is 1. The number of ether oxygens (including phenoxy) is 1. The summed E-state index contributed by atoms with van der Waals surface area (Å²) in [6.07, 6.45) is 1.57. The number of aliphatic hydroxyl groups is 1. The van der Waals surface area contributed by atoms with Gasteiger partial charge in [-0.15, -0.1) is 18.2 Å².